The molecule has 1 rings (SSSR count). The third-order valence-electron chi connectivity index (χ3n) is 1.68. The summed E-state index contributed by atoms with van der Waals surface area (Å²) in [4.78, 5) is 10.2. The summed E-state index contributed by atoms with van der Waals surface area (Å²) in [6.07, 6.45) is -0.331. The van der Waals surface area contributed by atoms with Gasteiger partial charge in [0, 0.05) is 0 Å². The van der Waals surface area contributed by atoms with Crippen LogP contribution >= 0.6 is 0 Å². The zero-order valence-corrected chi connectivity index (χ0v) is 7.83. The number of halogens is 1. The van der Waals surface area contributed by atoms with E-state index in [2.05, 4.69) is 11.8 Å². The van der Waals surface area contributed by atoms with E-state index in [4.69, 9.17) is 10.2 Å². The Bertz CT molecular complexity index is 429. The third kappa shape index (κ3) is 3.41. The number of carboxylic acids is 1. The predicted molar refractivity (Wildman–Crippen MR) is 51.5 cm³/mol. The lowest BCUT2D eigenvalue weighted by atomic mass is 10.1. The molecule has 0 saturated carbocycles. The lowest BCUT2D eigenvalue weighted by molar-refractivity contribution is -0.135. The molecule has 0 amide bonds. The maximum atomic E-state index is 13.1. The van der Waals surface area contributed by atoms with Crippen LogP contribution in [0.25, 0.3) is 0 Å². The molecule has 1 aromatic carbocycles. The van der Waals surface area contributed by atoms with Crippen LogP contribution in [0.15, 0.2) is 18.2 Å². The van der Waals surface area contributed by atoms with Gasteiger partial charge in [-0.2, -0.15) is 0 Å². The Morgan fingerprint density at radius 1 is 1.47 bits per heavy atom. The molecule has 0 heterocycles. The molecule has 0 aliphatic heterocycles. The molecule has 0 saturated heterocycles. The number of aliphatic carboxylic acids is 1. The average molecular weight is 208 g/mol. The third-order valence-corrected chi connectivity index (χ3v) is 1.68. The lowest BCUT2D eigenvalue weighted by Crippen LogP contribution is -1.92. The second-order valence-electron chi connectivity index (χ2n) is 2.84. The van der Waals surface area contributed by atoms with E-state index in [-0.39, 0.29) is 18.6 Å². The summed E-state index contributed by atoms with van der Waals surface area (Å²) >= 11 is 0. The van der Waals surface area contributed by atoms with Crippen LogP contribution in [0.1, 0.15) is 17.5 Å². The fourth-order valence-electron chi connectivity index (χ4n) is 0.982. The van der Waals surface area contributed by atoms with Gasteiger partial charge in [0.25, 0.3) is 0 Å². The molecule has 0 bridgehead atoms. The Morgan fingerprint density at radius 2 is 2.20 bits per heavy atom. The van der Waals surface area contributed by atoms with Crippen LogP contribution in [0.5, 0.6) is 0 Å². The molecule has 0 spiro atoms. The largest absolute Gasteiger partial charge is 0.481 e. The van der Waals surface area contributed by atoms with Crippen molar-refractivity contribution in [2.75, 3.05) is 0 Å². The van der Waals surface area contributed by atoms with Gasteiger partial charge in [-0.05, 0) is 17.7 Å². The molecule has 0 unspecified atom stereocenters. The first-order valence-electron chi connectivity index (χ1n) is 4.23. The van der Waals surface area contributed by atoms with E-state index in [9.17, 15) is 9.18 Å². The summed E-state index contributed by atoms with van der Waals surface area (Å²) in [5.74, 6) is 3.15. The molecule has 78 valence electrons. The standard InChI is InChI=1S/C11H9FO3/c12-10-5-4-8(7-13)6-9(10)2-1-3-11(14)15/h4-6,13H,3,7H2,(H,14,15). The molecular formula is C11H9FO3. The highest BCUT2D eigenvalue weighted by Crippen LogP contribution is 2.09. The van der Waals surface area contributed by atoms with Crippen LogP contribution in [0.4, 0.5) is 4.39 Å². The summed E-state index contributed by atoms with van der Waals surface area (Å²) < 4.78 is 13.1. The maximum Gasteiger partial charge on any atom is 0.315 e. The molecule has 1 aromatic rings. The Hall–Kier alpha value is -1.86. The Balaban J connectivity index is 2.91. The number of carboxylic acid groups (broad SMARTS) is 1. The predicted octanol–water partition coefficient (Wildman–Crippen LogP) is 1.14. The first kappa shape index (κ1) is 11.2. The highest BCUT2D eigenvalue weighted by molar-refractivity contribution is 5.70. The van der Waals surface area contributed by atoms with Crippen molar-refractivity contribution in [3.63, 3.8) is 0 Å². The Labute approximate surface area is 86.2 Å². The van der Waals surface area contributed by atoms with Crippen molar-refractivity contribution >= 4 is 5.97 Å². The number of aliphatic hydroxyl groups is 1. The van der Waals surface area contributed by atoms with Crippen LogP contribution in [-0.2, 0) is 11.4 Å². The Kier molecular flexibility index (Phi) is 3.83. The van der Waals surface area contributed by atoms with Crippen molar-refractivity contribution in [2.24, 2.45) is 0 Å². The minimum atomic E-state index is -1.05. The van der Waals surface area contributed by atoms with Gasteiger partial charge in [0.2, 0.25) is 0 Å². The molecule has 3 nitrogen and oxygen atoms in total. The van der Waals surface area contributed by atoms with Crippen molar-refractivity contribution in [1.82, 2.24) is 0 Å². The van der Waals surface area contributed by atoms with Crippen molar-refractivity contribution in [1.29, 1.82) is 0 Å². The fraction of sp³-hybridized carbons (Fsp3) is 0.182. The van der Waals surface area contributed by atoms with Gasteiger partial charge in [0.1, 0.15) is 12.2 Å². The normalized spacial score (nSPS) is 9.20. The van der Waals surface area contributed by atoms with Gasteiger partial charge in [-0.3, -0.25) is 4.79 Å². The summed E-state index contributed by atoms with van der Waals surface area (Å²) in [5, 5.41) is 17.1. The molecule has 0 fully saturated rings. The zero-order valence-electron chi connectivity index (χ0n) is 7.83. The lowest BCUT2D eigenvalue weighted by Gasteiger charge is -1.97. The monoisotopic (exact) mass is 208 g/mol. The number of rotatable bonds is 2. The molecular weight excluding hydrogens is 199 g/mol. The van der Waals surface area contributed by atoms with Crippen LogP contribution in [0, 0.1) is 17.7 Å². The smallest absolute Gasteiger partial charge is 0.315 e. The van der Waals surface area contributed by atoms with Gasteiger partial charge in [-0.1, -0.05) is 17.9 Å². The summed E-state index contributed by atoms with van der Waals surface area (Å²) in [6.45, 7) is -0.201. The van der Waals surface area contributed by atoms with Crippen LogP contribution in [0.3, 0.4) is 0 Å². The van der Waals surface area contributed by atoms with Crippen LogP contribution in [-0.4, -0.2) is 16.2 Å². The number of carbonyl (C=O) groups is 1. The number of aliphatic hydroxyl groups excluding tert-OH is 1. The SMILES string of the molecule is O=C(O)CC#Cc1cc(CO)ccc1F. The molecule has 0 aliphatic rings. The molecule has 2 N–H and O–H groups in total. The van der Waals surface area contributed by atoms with Gasteiger partial charge in [-0.15, -0.1) is 0 Å². The zero-order chi connectivity index (χ0) is 11.3. The average Bonchev–Trinajstić information content (AvgIpc) is 2.20. The van der Waals surface area contributed by atoms with E-state index in [1.807, 2.05) is 0 Å². The van der Waals surface area contributed by atoms with Gasteiger partial charge < -0.3 is 10.2 Å². The quantitative estimate of drug-likeness (QED) is 0.716. The first-order valence-corrected chi connectivity index (χ1v) is 4.23. The topological polar surface area (TPSA) is 57.5 Å². The second kappa shape index (κ2) is 5.13. The highest BCUT2D eigenvalue weighted by atomic mass is 19.1. The fourth-order valence-corrected chi connectivity index (χ4v) is 0.982. The maximum absolute atomic E-state index is 13.1. The van der Waals surface area contributed by atoms with Crippen molar-refractivity contribution < 1.29 is 19.4 Å². The van der Waals surface area contributed by atoms with Crippen molar-refractivity contribution in [3.05, 3.63) is 35.1 Å². The number of hydrogen-bond donors (Lipinski definition) is 2. The molecule has 0 aromatic heterocycles. The summed E-state index contributed by atoms with van der Waals surface area (Å²) in [7, 11) is 0. The molecule has 15 heavy (non-hydrogen) atoms. The van der Waals surface area contributed by atoms with Gasteiger partial charge in [0.05, 0.1) is 12.2 Å². The minimum absolute atomic E-state index is 0.0998. The second-order valence-corrected chi connectivity index (χ2v) is 2.84. The van der Waals surface area contributed by atoms with Crippen LogP contribution < -0.4 is 0 Å². The molecule has 0 radical (unpaired) electrons. The van der Waals surface area contributed by atoms with Crippen molar-refractivity contribution in [2.45, 2.75) is 13.0 Å². The van der Waals surface area contributed by atoms with E-state index in [1.54, 1.807) is 0 Å². The van der Waals surface area contributed by atoms with Gasteiger partial charge in [0.15, 0.2) is 0 Å². The number of benzene rings is 1. The van der Waals surface area contributed by atoms with Crippen molar-refractivity contribution in [3.8, 4) is 11.8 Å². The van der Waals surface area contributed by atoms with E-state index >= 15 is 0 Å². The minimum Gasteiger partial charge on any atom is -0.481 e. The van der Waals surface area contributed by atoms with E-state index in [0.29, 0.717) is 5.56 Å². The highest BCUT2D eigenvalue weighted by Gasteiger charge is 2.00. The molecule has 4 heteroatoms. The Morgan fingerprint density at radius 3 is 2.80 bits per heavy atom. The number of hydrogen-bond acceptors (Lipinski definition) is 2. The van der Waals surface area contributed by atoms with Crippen LogP contribution in [0.2, 0.25) is 0 Å². The molecule has 0 atom stereocenters. The summed E-state index contributed by atoms with van der Waals surface area (Å²) in [5.41, 5.74) is 0.638. The van der Waals surface area contributed by atoms with E-state index in [1.165, 1.54) is 18.2 Å². The van der Waals surface area contributed by atoms with E-state index < -0.39 is 11.8 Å². The summed E-state index contributed by atoms with van der Waals surface area (Å²) in [6, 6.07) is 4.03. The van der Waals surface area contributed by atoms with Gasteiger partial charge in [-0.25, -0.2) is 4.39 Å². The first-order chi connectivity index (χ1) is 7.13. The van der Waals surface area contributed by atoms with E-state index in [0.717, 1.165) is 0 Å². The van der Waals surface area contributed by atoms with Gasteiger partial charge >= 0.3 is 5.97 Å². The molecule has 0 aliphatic carbocycles.